The van der Waals surface area contributed by atoms with E-state index in [1.54, 1.807) is 0 Å². The number of aliphatic hydroxyl groups is 1. The Labute approximate surface area is 178 Å². The van der Waals surface area contributed by atoms with Crippen LogP contribution in [0.25, 0.3) is 0 Å². The summed E-state index contributed by atoms with van der Waals surface area (Å²) in [7, 11) is -4.19. The molecule has 6 heteroatoms. The molecule has 146 valence electrons. The largest absolute Gasteiger partial charge is 1.00 e. The predicted molar refractivity (Wildman–Crippen MR) is 100 cm³/mol. The number of aliphatic hydroxyl groups excluding tert-OH is 1. The van der Waals surface area contributed by atoms with E-state index in [2.05, 4.69) is 13.8 Å². The van der Waals surface area contributed by atoms with Crippen LogP contribution >= 0.6 is 0 Å². The van der Waals surface area contributed by atoms with Crippen molar-refractivity contribution in [1.82, 2.24) is 0 Å². The minimum Gasteiger partial charge on any atom is -0.748 e. The van der Waals surface area contributed by atoms with Gasteiger partial charge in [0.1, 0.15) is 0 Å². The average molecular weight is 387 g/mol. The topological polar surface area (TPSA) is 77.4 Å². The Morgan fingerprint density at radius 1 is 0.720 bits per heavy atom. The molecule has 0 radical (unpaired) electrons. The summed E-state index contributed by atoms with van der Waals surface area (Å²) in [6.07, 6.45) is 13.7. The van der Waals surface area contributed by atoms with E-state index in [-0.39, 0.29) is 35.7 Å². The van der Waals surface area contributed by atoms with Crippen molar-refractivity contribution in [3.05, 3.63) is 0 Å². The van der Waals surface area contributed by atoms with Crippen molar-refractivity contribution in [3.8, 4) is 0 Å². The van der Waals surface area contributed by atoms with Gasteiger partial charge in [0.05, 0.1) is 16.2 Å². The summed E-state index contributed by atoms with van der Waals surface area (Å²) in [6.45, 7) is 4.30. The quantitative estimate of drug-likeness (QED) is 0.236. The monoisotopic (exact) mass is 386 g/mol. The van der Waals surface area contributed by atoms with Crippen molar-refractivity contribution >= 4 is 10.1 Å². The van der Waals surface area contributed by atoms with Crippen LogP contribution in [0.15, 0.2) is 0 Å². The zero-order valence-corrected chi connectivity index (χ0v) is 19.7. The van der Waals surface area contributed by atoms with Gasteiger partial charge in [-0.3, -0.25) is 0 Å². The number of rotatable bonds is 17. The Bertz CT molecular complexity index is 374. The van der Waals surface area contributed by atoms with Crippen LogP contribution in [0.1, 0.15) is 110 Å². The summed E-state index contributed by atoms with van der Waals surface area (Å²) in [4.78, 5) is 0. The van der Waals surface area contributed by atoms with Crippen LogP contribution in [0.4, 0.5) is 0 Å². The first-order chi connectivity index (χ1) is 11.4. The zero-order chi connectivity index (χ0) is 18.3. The summed E-state index contributed by atoms with van der Waals surface area (Å²) in [5.41, 5.74) is 0. The molecule has 0 saturated carbocycles. The van der Waals surface area contributed by atoms with Crippen molar-refractivity contribution in [2.24, 2.45) is 0 Å². The van der Waals surface area contributed by atoms with Crippen LogP contribution in [0.2, 0.25) is 0 Å². The Kier molecular flexibility index (Phi) is 20.5. The van der Waals surface area contributed by atoms with Gasteiger partial charge in [0.2, 0.25) is 0 Å². The Morgan fingerprint density at radius 2 is 1.08 bits per heavy atom. The molecule has 25 heavy (non-hydrogen) atoms. The van der Waals surface area contributed by atoms with Crippen LogP contribution in [0.3, 0.4) is 0 Å². The fraction of sp³-hybridized carbons (Fsp3) is 1.00. The molecular weight excluding hydrogens is 347 g/mol. The molecule has 0 aliphatic heterocycles. The second-order valence-electron chi connectivity index (χ2n) is 7.11. The molecule has 0 heterocycles. The standard InChI is InChI=1S/C19H40O4S.Na/c1-3-5-7-9-10-14-18(20)15-12-13-17-19(24(21,22)23)16-11-8-6-4-2;/h18-20H,3-17H2,1-2H3,(H,21,22,23);/q;+1/p-1. The SMILES string of the molecule is CCCCCCCC(O)CCCCC(CCCCCC)S(=O)(=O)[O-].[Na+]. The summed E-state index contributed by atoms with van der Waals surface area (Å²) < 4.78 is 34.0. The van der Waals surface area contributed by atoms with Crippen molar-refractivity contribution in [2.75, 3.05) is 0 Å². The van der Waals surface area contributed by atoms with E-state index in [1.165, 1.54) is 25.7 Å². The molecule has 2 atom stereocenters. The first-order valence-electron chi connectivity index (χ1n) is 10.0. The van der Waals surface area contributed by atoms with Crippen molar-refractivity contribution in [2.45, 2.75) is 122 Å². The van der Waals surface area contributed by atoms with Crippen molar-refractivity contribution in [1.29, 1.82) is 0 Å². The first kappa shape index (κ1) is 28.1. The van der Waals surface area contributed by atoms with Crippen LogP contribution in [0.5, 0.6) is 0 Å². The minimum absolute atomic E-state index is 0. The van der Waals surface area contributed by atoms with Gasteiger partial charge in [-0.05, 0) is 25.7 Å². The molecule has 1 N–H and O–H groups in total. The smallest absolute Gasteiger partial charge is 0.748 e. The molecule has 4 nitrogen and oxygen atoms in total. The number of hydrogen-bond donors (Lipinski definition) is 1. The molecule has 0 aliphatic carbocycles. The van der Waals surface area contributed by atoms with E-state index < -0.39 is 15.4 Å². The van der Waals surface area contributed by atoms with Gasteiger partial charge < -0.3 is 9.66 Å². The van der Waals surface area contributed by atoms with E-state index in [4.69, 9.17) is 0 Å². The zero-order valence-electron chi connectivity index (χ0n) is 16.8. The van der Waals surface area contributed by atoms with Gasteiger partial charge in [-0.2, -0.15) is 0 Å². The Hall–Kier alpha value is 0.870. The molecule has 0 aromatic heterocycles. The maximum atomic E-state index is 11.3. The van der Waals surface area contributed by atoms with Gasteiger partial charge in [0.25, 0.3) is 0 Å². The molecule has 0 rings (SSSR count). The molecule has 0 spiro atoms. The van der Waals surface area contributed by atoms with E-state index in [9.17, 15) is 18.1 Å². The molecule has 0 aromatic rings. The fourth-order valence-corrected chi connectivity index (χ4v) is 4.02. The van der Waals surface area contributed by atoms with Crippen LogP contribution < -0.4 is 29.6 Å². The summed E-state index contributed by atoms with van der Waals surface area (Å²) in [5, 5.41) is 9.22. The van der Waals surface area contributed by atoms with E-state index in [0.29, 0.717) is 19.3 Å². The van der Waals surface area contributed by atoms with Gasteiger partial charge in [-0.1, -0.05) is 84.5 Å². The van der Waals surface area contributed by atoms with E-state index in [0.717, 1.165) is 51.4 Å². The minimum atomic E-state index is -4.19. The predicted octanol–water partition coefficient (Wildman–Crippen LogP) is 2.16. The van der Waals surface area contributed by atoms with Gasteiger partial charge in [-0.15, -0.1) is 0 Å². The Morgan fingerprint density at radius 3 is 1.56 bits per heavy atom. The van der Waals surface area contributed by atoms with Crippen molar-refractivity contribution in [3.63, 3.8) is 0 Å². The molecule has 0 fully saturated rings. The third-order valence-corrected chi connectivity index (χ3v) is 6.03. The number of hydrogen-bond acceptors (Lipinski definition) is 4. The molecule has 0 aromatic carbocycles. The Balaban J connectivity index is 0. The number of unbranched alkanes of at least 4 members (excludes halogenated alkanes) is 8. The van der Waals surface area contributed by atoms with Gasteiger partial charge in [0, 0.05) is 5.25 Å². The van der Waals surface area contributed by atoms with Crippen molar-refractivity contribution < 1.29 is 47.6 Å². The third-order valence-electron chi connectivity index (χ3n) is 4.74. The van der Waals surface area contributed by atoms with Gasteiger partial charge >= 0.3 is 29.6 Å². The summed E-state index contributed by atoms with van der Waals surface area (Å²) in [6, 6.07) is 0. The second kappa shape index (κ2) is 18.2. The molecular formula is C19H39NaO4S. The average Bonchev–Trinajstić information content (AvgIpc) is 2.52. The van der Waals surface area contributed by atoms with Crippen LogP contribution in [-0.2, 0) is 10.1 Å². The van der Waals surface area contributed by atoms with Crippen LogP contribution in [0, 0.1) is 0 Å². The van der Waals surface area contributed by atoms with Gasteiger partial charge in [-0.25, -0.2) is 8.42 Å². The fourth-order valence-electron chi connectivity index (χ4n) is 3.11. The first-order valence-corrected chi connectivity index (χ1v) is 11.5. The van der Waals surface area contributed by atoms with Gasteiger partial charge in [0.15, 0.2) is 0 Å². The molecule has 0 amide bonds. The summed E-state index contributed by atoms with van der Waals surface area (Å²) in [5.74, 6) is 0. The van der Waals surface area contributed by atoms with E-state index in [1.807, 2.05) is 0 Å². The second-order valence-corrected chi connectivity index (χ2v) is 8.76. The maximum absolute atomic E-state index is 11.3. The molecule has 0 bridgehead atoms. The molecule has 0 aliphatic rings. The maximum Gasteiger partial charge on any atom is 1.00 e. The molecule has 2 unspecified atom stereocenters. The van der Waals surface area contributed by atoms with Crippen LogP contribution in [-0.4, -0.2) is 29.4 Å². The summed E-state index contributed by atoms with van der Waals surface area (Å²) >= 11 is 0. The third kappa shape index (κ3) is 18.0. The normalized spacial score (nSPS) is 14.1. The van der Waals surface area contributed by atoms with E-state index >= 15 is 0 Å². The molecule has 0 saturated heterocycles.